The van der Waals surface area contributed by atoms with E-state index in [9.17, 15) is 9.90 Å². The molecule has 140 valence electrons. The molecule has 5 atom stereocenters. The van der Waals surface area contributed by atoms with E-state index in [1.54, 1.807) is 6.20 Å². The van der Waals surface area contributed by atoms with Crippen molar-refractivity contribution in [2.45, 2.75) is 69.8 Å². The Morgan fingerprint density at radius 3 is 2.92 bits per heavy atom. The van der Waals surface area contributed by atoms with Gasteiger partial charge in [0.25, 0.3) is 0 Å². The first-order valence-corrected chi connectivity index (χ1v) is 8.89. The van der Waals surface area contributed by atoms with E-state index in [-0.39, 0.29) is 36.7 Å². The van der Waals surface area contributed by atoms with Crippen LogP contribution in [0.25, 0.3) is 0 Å². The number of hydrogen-bond acceptors (Lipinski definition) is 6. The first kappa shape index (κ1) is 18.3. The van der Waals surface area contributed by atoms with Gasteiger partial charge < -0.3 is 29.8 Å². The number of amides is 1. The Bertz CT molecular complexity index is 591. The highest BCUT2D eigenvalue weighted by Crippen LogP contribution is 2.35. The molecule has 8 nitrogen and oxygen atoms in total. The summed E-state index contributed by atoms with van der Waals surface area (Å²) < 4.78 is 13.7. The number of aryl methyl sites for hydroxylation is 1. The van der Waals surface area contributed by atoms with Crippen LogP contribution in [-0.2, 0) is 27.9 Å². The van der Waals surface area contributed by atoms with Crippen LogP contribution < -0.4 is 10.6 Å². The number of carbonyl (C=O) groups excluding carboxylic acids is 1. The fraction of sp³-hybridized carbons (Fsp3) is 0.765. The van der Waals surface area contributed by atoms with Crippen molar-refractivity contribution >= 4 is 5.91 Å². The van der Waals surface area contributed by atoms with Gasteiger partial charge in [-0.15, -0.1) is 0 Å². The molecular formula is C17H28N4O4. The molecule has 2 saturated heterocycles. The fourth-order valence-electron chi connectivity index (χ4n) is 3.38. The predicted octanol–water partition coefficient (Wildman–Crippen LogP) is -0.290. The van der Waals surface area contributed by atoms with E-state index < -0.39 is 6.10 Å². The zero-order valence-corrected chi connectivity index (χ0v) is 15.0. The molecule has 0 bridgehead atoms. The van der Waals surface area contributed by atoms with Crippen molar-refractivity contribution in [3.05, 3.63) is 18.2 Å². The number of hydrogen-bond donors (Lipinski definition) is 3. The van der Waals surface area contributed by atoms with E-state index in [2.05, 4.69) is 29.5 Å². The zero-order valence-electron chi connectivity index (χ0n) is 15.0. The summed E-state index contributed by atoms with van der Waals surface area (Å²) >= 11 is 0. The van der Waals surface area contributed by atoms with Crippen molar-refractivity contribution in [3.8, 4) is 0 Å². The Morgan fingerprint density at radius 2 is 2.28 bits per heavy atom. The molecule has 0 aliphatic carbocycles. The highest BCUT2D eigenvalue weighted by Gasteiger charge is 2.50. The molecule has 2 aliphatic rings. The summed E-state index contributed by atoms with van der Waals surface area (Å²) in [7, 11) is 1.89. The number of aliphatic hydroxyl groups is 1. The van der Waals surface area contributed by atoms with E-state index in [1.807, 2.05) is 17.8 Å². The number of aliphatic hydroxyl groups excluding tert-OH is 1. The van der Waals surface area contributed by atoms with Gasteiger partial charge in [-0.2, -0.15) is 0 Å². The van der Waals surface area contributed by atoms with Crippen molar-refractivity contribution in [2.75, 3.05) is 6.54 Å². The quantitative estimate of drug-likeness (QED) is 0.624. The lowest BCUT2D eigenvalue weighted by Gasteiger charge is -2.21. The van der Waals surface area contributed by atoms with Gasteiger partial charge in [-0.1, -0.05) is 13.8 Å². The maximum absolute atomic E-state index is 12.1. The molecule has 1 aromatic rings. The molecule has 2 fully saturated rings. The minimum absolute atomic E-state index is 0.0829. The van der Waals surface area contributed by atoms with Crippen molar-refractivity contribution < 1.29 is 19.4 Å². The molecule has 2 aliphatic heterocycles. The summed E-state index contributed by atoms with van der Waals surface area (Å²) in [6.07, 6.45) is 2.83. The summed E-state index contributed by atoms with van der Waals surface area (Å²) in [6.45, 7) is 5.10. The Labute approximate surface area is 147 Å². The number of nitrogens with one attached hydrogen (secondary N) is 2. The maximum Gasteiger partial charge on any atom is 0.222 e. The number of carbonyl (C=O) groups is 1. The lowest BCUT2D eigenvalue weighted by atomic mass is 10.1. The number of nitrogens with zero attached hydrogens (tertiary/aromatic N) is 2. The molecule has 3 heterocycles. The Morgan fingerprint density at radius 1 is 1.48 bits per heavy atom. The molecular weight excluding hydrogens is 324 g/mol. The Kier molecular flexibility index (Phi) is 5.73. The second kappa shape index (κ2) is 7.82. The van der Waals surface area contributed by atoms with Crippen molar-refractivity contribution in [1.82, 2.24) is 20.2 Å². The zero-order chi connectivity index (χ0) is 18.0. The van der Waals surface area contributed by atoms with Crippen molar-refractivity contribution in [3.63, 3.8) is 0 Å². The van der Waals surface area contributed by atoms with Crippen LogP contribution in [0.15, 0.2) is 12.4 Å². The second-order valence-electron chi connectivity index (χ2n) is 7.16. The van der Waals surface area contributed by atoms with Crippen LogP contribution in [0.4, 0.5) is 0 Å². The van der Waals surface area contributed by atoms with Gasteiger partial charge in [0.2, 0.25) is 5.91 Å². The van der Waals surface area contributed by atoms with Gasteiger partial charge in [-0.3, -0.25) is 4.79 Å². The van der Waals surface area contributed by atoms with Crippen LogP contribution in [0.2, 0.25) is 0 Å². The summed E-state index contributed by atoms with van der Waals surface area (Å²) in [6, 6.07) is 0.340. The average Bonchev–Trinajstić information content (AvgIpc) is 3.21. The van der Waals surface area contributed by atoms with Crippen LogP contribution in [0.1, 0.15) is 32.5 Å². The smallest absolute Gasteiger partial charge is 0.222 e. The molecule has 1 aromatic heterocycles. The van der Waals surface area contributed by atoms with E-state index in [1.165, 1.54) is 0 Å². The van der Waals surface area contributed by atoms with E-state index in [0.717, 1.165) is 5.82 Å². The molecule has 5 unspecified atom stereocenters. The molecule has 8 heteroatoms. The Hall–Kier alpha value is -1.48. The van der Waals surface area contributed by atoms with E-state index in [4.69, 9.17) is 9.47 Å². The fourth-order valence-corrected chi connectivity index (χ4v) is 3.38. The maximum atomic E-state index is 12.1. The van der Waals surface area contributed by atoms with E-state index >= 15 is 0 Å². The van der Waals surface area contributed by atoms with E-state index in [0.29, 0.717) is 25.6 Å². The highest BCUT2D eigenvalue weighted by atomic mass is 16.6. The van der Waals surface area contributed by atoms with Gasteiger partial charge >= 0.3 is 0 Å². The summed E-state index contributed by atoms with van der Waals surface area (Å²) in [5.74, 6) is 0.720. The van der Waals surface area contributed by atoms with Crippen LogP contribution in [0.5, 0.6) is 0 Å². The number of aromatic nitrogens is 2. The highest BCUT2D eigenvalue weighted by molar-refractivity contribution is 5.76. The largest absolute Gasteiger partial charge is 0.388 e. The number of rotatable bonds is 7. The first-order chi connectivity index (χ1) is 11.9. The van der Waals surface area contributed by atoms with Crippen molar-refractivity contribution in [1.29, 1.82) is 0 Å². The third-order valence-corrected chi connectivity index (χ3v) is 4.78. The SMILES string of the molecule is CC(C)NCC1OC2CC(CC(=O)NCc3nccn3C)OC2C1O. The molecule has 0 aromatic carbocycles. The molecule has 0 spiro atoms. The molecule has 1 amide bonds. The van der Waals surface area contributed by atoms with Gasteiger partial charge in [0.05, 0.1) is 31.3 Å². The first-order valence-electron chi connectivity index (χ1n) is 8.89. The minimum Gasteiger partial charge on any atom is -0.388 e. The average molecular weight is 352 g/mol. The second-order valence-corrected chi connectivity index (χ2v) is 7.16. The lowest BCUT2D eigenvalue weighted by molar-refractivity contribution is -0.125. The van der Waals surface area contributed by atoms with Gasteiger partial charge in [-0.25, -0.2) is 4.98 Å². The van der Waals surface area contributed by atoms with Crippen LogP contribution in [-0.4, -0.2) is 63.7 Å². The van der Waals surface area contributed by atoms with Crippen LogP contribution in [0, 0.1) is 0 Å². The minimum atomic E-state index is -0.656. The Balaban J connectivity index is 1.42. The predicted molar refractivity (Wildman–Crippen MR) is 90.8 cm³/mol. The third kappa shape index (κ3) is 4.38. The summed E-state index contributed by atoms with van der Waals surface area (Å²) in [5, 5.41) is 16.5. The summed E-state index contributed by atoms with van der Waals surface area (Å²) in [5.41, 5.74) is 0. The monoisotopic (exact) mass is 352 g/mol. The molecule has 3 N–H and O–H groups in total. The molecule has 0 radical (unpaired) electrons. The molecule has 0 saturated carbocycles. The third-order valence-electron chi connectivity index (χ3n) is 4.78. The number of ether oxygens (including phenoxy) is 2. The standard InChI is InChI=1S/C17H28N4O4/c1-10(2)19-8-13-16(23)17-12(25-13)6-11(24-17)7-15(22)20-9-14-18-4-5-21(14)3/h4-5,10-13,16-17,19,23H,6-9H2,1-3H3,(H,20,22). The number of imidazole rings is 1. The van der Waals surface area contributed by atoms with Gasteiger partial charge in [0, 0.05) is 38.4 Å². The van der Waals surface area contributed by atoms with Gasteiger partial charge in [0.1, 0.15) is 18.0 Å². The normalized spacial score (nSPS) is 31.5. The lowest BCUT2D eigenvalue weighted by Crippen LogP contribution is -2.40. The molecule has 25 heavy (non-hydrogen) atoms. The topological polar surface area (TPSA) is 97.6 Å². The van der Waals surface area contributed by atoms with Crippen molar-refractivity contribution in [2.24, 2.45) is 7.05 Å². The van der Waals surface area contributed by atoms with Crippen LogP contribution in [0.3, 0.4) is 0 Å². The van der Waals surface area contributed by atoms with Gasteiger partial charge in [-0.05, 0) is 0 Å². The van der Waals surface area contributed by atoms with Gasteiger partial charge in [0.15, 0.2) is 0 Å². The van der Waals surface area contributed by atoms with Crippen LogP contribution >= 0.6 is 0 Å². The number of fused-ring (bicyclic) bond motifs is 1. The molecule has 3 rings (SSSR count). The summed E-state index contributed by atoms with van der Waals surface area (Å²) in [4.78, 5) is 16.3.